The fourth-order valence-corrected chi connectivity index (χ4v) is 3.23. The molecule has 3 N–H and O–H groups in total. The Morgan fingerprint density at radius 2 is 1.67 bits per heavy atom. The van der Waals surface area contributed by atoms with Gasteiger partial charge in [0.05, 0.1) is 16.0 Å². The van der Waals surface area contributed by atoms with E-state index in [2.05, 4.69) is 10.5 Å². The van der Waals surface area contributed by atoms with Crippen LogP contribution in [-0.2, 0) is 10.0 Å². The number of para-hydroxylation sites is 1. The van der Waals surface area contributed by atoms with Crippen molar-refractivity contribution >= 4 is 39.0 Å². The number of anilines is 3. The summed E-state index contributed by atoms with van der Waals surface area (Å²) in [6.07, 6.45) is 1.50. The van der Waals surface area contributed by atoms with Gasteiger partial charge >= 0.3 is 0 Å². The van der Waals surface area contributed by atoms with Crippen LogP contribution in [0.15, 0.2) is 82.8 Å². The first-order chi connectivity index (χ1) is 14.3. The molecule has 0 heterocycles. The SMILES string of the molecule is CN(c1ccccc1)c1ccc(C=NNc2ccc(S(N)(=O)=O)cc2[N+](=O)[O-])cc1. The van der Waals surface area contributed by atoms with Crippen molar-refractivity contribution in [2.45, 2.75) is 4.90 Å². The van der Waals surface area contributed by atoms with Crippen LogP contribution >= 0.6 is 0 Å². The van der Waals surface area contributed by atoms with Gasteiger partial charge in [0.2, 0.25) is 10.0 Å². The first-order valence-electron chi connectivity index (χ1n) is 8.75. The van der Waals surface area contributed by atoms with E-state index in [-0.39, 0.29) is 10.6 Å². The van der Waals surface area contributed by atoms with Crippen LogP contribution in [0.25, 0.3) is 0 Å². The van der Waals surface area contributed by atoms with Gasteiger partial charge < -0.3 is 4.90 Å². The smallest absolute Gasteiger partial charge is 0.295 e. The summed E-state index contributed by atoms with van der Waals surface area (Å²) in [6, 6.07) is 20.8. The zero-order chi connectivity index (χ0) is 21.7. The third-order valence-electron chi connectivity index (χ3n) is 4.32. The first kappa shape index (κ1) is 21.0. The molecular formula is C20H19N5O4S. The number of nitrogens with zero attached hydrogens (tertiary/aromatic N) is 3. The number of nitro groups is 1. The number of primary sulfonamides is 1. The van der Waals surface area contributed by atoms with Crippen molar-refractivity contribution in [2.75, 3.05) is 17.4 Å². The molecule has 0 unspecified atom stereocenters. The summed E-state index contributed by atoms with van der Waals surface area (Å²) < 4.78 is 22.8. The average Bonchev–Trinajstić information content (AvgIpc) is 2.73. The third-order valence-corrected chi connectivity index (χ3v) is 5.23. The van der Waals surface area contributed by atoms with Gasteiger partial charge in [-0.1, -0.05) is 30.3 Å². The van der Waals surface area contributed by atoms with Gasteiger partial charge in [0, 0.05) is 24.5 Å². The molecule has 0 bridgehead atoms. The summed E-state index contributed by atoms with van der Waals surface area (Å²) in [6.45, 7) is 0. The maximum atomic E-state index is 11.4. The Hall–Kier alpha value is -3.76. The van der Waals surface area contributed by atoms with Gasteiger partial charge in [-0.05, 0) is 42.0 Å². The van der Waals surface area contributed by atoms with Gasteiger partial charge in [-0.3, -0.25) is 15.5 Å². The quantitative estimate of drug-likeness (QED) is 0.339. The molecule has 0 aromatic heterocycles. The van der Waals surface area contributed by atoms with Crippen LogP contribution < -0.4 is 15.5 Å². The molecule has 30 heavy (non-hydrogen) atoms. The van der Waals surface area contributed by atoms with E-state index >= 15 is 0 Å². The third kappa shape index (κ3) is 4.99. The molecule has 3 aromatic rings. The average molecular weight is 425 g/mol. The summed E-state index contributed by atoms with van der Waals surface area (Å²) >= 11 is 0. The van der Waals surface area contributed by atoms with Crippen molar-refractivity contribution in [2.24, 2.45) is 10.2 Å². The highest BCUT2D eigenvalue weighted by Gasteiger charge is 2.18. The van der Waals surface area contributed by atoms with E-state index in [1.54, 1.807) is 0 Å². The van der Waals surface area contributed by atoms with Gasteiger partial charge in [0.15, 0.2) is 0 Å². The summed E-state index contributed by atoms with van der Waals surface area (Å²) in [5.74, 6) is 0. The molecule has 10 heteroatoms. The lowest BCUT2D eigenvalue weighted by molar-refractivity contribution is -0.384. The minimum Gasteiger partial charge on any atom is -0.345 e. The molecule has 0 aliphatic rings. The number of hydrogen-bond donors (Lipinski definition) is 2. The lowest BCUT2D eigenvalue weighted by Crippen LogP contribution is -2.12. The Kier molecular flexibility index (Phi) is 6.09. The van der Waals surface area contributed by atoms with E-state index in [4.69, 9.17) is 5.14 Å². The number of rotatable bonds is 7. The Morgan fingerprint density at radius 3 is 2.27 bits per heavy atom. The zero-order valence-electron chi connectivity index (χ0n) is 16.0. The molecule has 9 nitrogen and oxygen atoms in total. The standard InChI is InChI=1S/C20H19N5O4S/c1-24(16-5-3-2-4-6-16)17-9-7-15(8-10-17)14-22-23-19-12-11-18(30(21,28)29)13-20(19)25(26)27/h2-14,23H,1H3,(H2,21,28,29). The minimum atomic E-state index is -4.05. The van der Waals surface area contributed by atoms with Gasteiger partial charge in [-0.15, -0.1) is 0 Å². The van der Waals surface area contributed by atoms with Crippen molar-refractivity contribution in [3.63, 3.8) is 0 Å². The number of sulfonamides is 1. The molecule has 0 atom stereocenters. The highest BCUT2D eigenvalue weighted by Crippen LogP contribution is 2.27. The molecule has 0 spiro atoms. The van der Waals surface area contributed by atoms with E-state index in [1.165, 1.54) is 18.3 Å². The molecule has 3 rings (SSSR count). The molecule has 0 saturated carbocycles. The predicted molar refractivity (Wildman–Crippen MR) is 117 cm³/mol. The molecule has 0 aliphatic heterocycles. The van der Waals surface area contributed by atoms with Gasteiger partial charge in [-0.25, -0.2) is 13.6 Å². The maximum absolute atomic E-state index is 11.4. The van der Waals surface area contributed by atoms with E-state index in [9.17, 15) is 18.5 Å². The molecular weight excluding hydrogens is 406 g/mol. The molecule has 154 valence electrons. The molecule has 0 radical (unpaired) electrons. The Labute approximate surface area is 173 Å². The normalized spacial score (nSPS) is 11.4. The van der Waals surface area contributed by atoms with Crippen molar-refractivity contribution < 1.29 is 13.3 Å². The number of nitrogens with two attached hydrogens (primary N) is 1. The number of nitrogens with one attached hydrogen (secondary N) is 1. The fourth-order valence-electron chi connectivity index (χ4n) is 2.70. The van der Waals surface area contributed by atoms with Crippen molar-refractivity contribution in [1.29, 1.82) is 0 Å². The predicted octanol–water partition coefficient (Wildman–Crippen LogP) is 3.46. The summed E-state index contributed by atoms with van der Waals surface area (Å²) in [4.78, 5) is 12.2. The van der Waals surface area contributed by atoms with E-state index in [1.807, 2.05) is 66.5 Å². The number of benzene rings is 3. The van der Waals surface area contributed by atoms with E-state index in [0.717, 1.165) is 23.0 Å². The number of hydrogen-bond acceptors (Lipinski definition) is 7. The van der Waals surface area contributed by atoms with Gasteiger partial charge in [0.25, 0.3) is 5.69 Å². The van der Waals surface area contributed by atoms with Crippen molar-refractivity contribution in [3.05, 3.63) is 88.5 Å². The van der Waals surface area contributed by atoms with E-state index in [0.29, 0.717) is 0 Å². The molecule has 0 aliphatic carbocycles. The van der Waals surface area contributed by atoms with Crippen LogP contribution in [0.3, 0.4) is 0 Å². The van der Waals surface area contributed by atoms with Crippen LogP contribution in [0.1, 0.15) is 5.56 Å². The fraction of sp³-hybridized carbons (Fsp3) is 0.0500. The first-order valence-corrected chi connectivity index (χ1v) is 10.3. The zero-order valence-corrected chi connectivity index (χ0v) is 16.8. The number of hydrazone groups is 1. The van der Waals surface area contributed by atoms with Gasteiger partial charge in [-0.2, -0.15) is 5.10 Å². The Balaban J connectivity index is 1.73. The number of nitro benzene ring substituents is 1. The second kappa shape index (κ2) is 8.72. The highest BCUT2D eigenvalue weighted by molar-refractivity contribution is 7.89. The van der Waals surface area contributed by atoms with Crippen LogP contribution in [-0.4, -0.2) is 26.6 Å². The maximum Gasteiger partial charge on any atom is 0.295 e. The van der Waals surface area contributed by atoms with Gasteiger partial charge in [0.1, 0.15) is 5.69 Å². The lowest BCUT2D eigenvalue weighted by atomic mass is 10.2. The molecule has 3 aromatic carbocycles. The lowest BCUT2D eigenvalue weighted by Gasteiger charge is -2.19. The Bertz CT molecular complexity index is 1180. The second-order valence-electron chi connectivity index (χ2n) is 6.34. The van der Waals surface area contributed by atoms with Crippen LogP contribution in [0.2, 0.25) is 0 Å². The summed E-state index contributed by atoms with van der Waals surface area (Å²) in [7, 11) is -2.08. The van der Waals surface area contributed by atoms with E-state index < -0.39 is 20.6 Å². The largest absolute Gasteiger partial charge is 0.345 e. The summed E-state index contributed by atoms with van der Waals surface area (Å²) in [5.41, 5.74) is 4.98. The highest BCUT2D eigenvalue weighted by atomic mass is 32.2. The summed E-state index contributed by atoms with van der Waals surface area (Å²) in [5, 5.41) is 20.3. The molecule has 0 saturated heterocycles. The van der Waals surface area contributed by atoms with Crippen LogP contribution in [0.5, 0.6) is 0 Å². The monoisotopic (exact) mass is 425 g/mol. The Morgan fingerprint density at radius 1 is 1.03 bits per heavy atom. The van der Waals surface area contributed by atoms with Crippen LogP contribution in [0.4, 0.5) is 22.7 Å². The van der Waals surface area contributed by atoms with Crippen molar-refractivity contribution in [3.8, 4) is 0 Å². The second-order valence-corrected chi connectivity index (χ2v) is 7.90. The van der Waals surface area contributed by atoms with Crippen molar-refractivity contribution in [1.82, 2.24) is 0 Å². The molecule has 0 fully saturated rings. The molecule has 0 amide bonds. The van der Waals surface area contributed by atoms with Crippen LogP contribution in [0, 0.1) is 10.1 Å². The minimum absolute atomic E-state index is 0.0454. The topological polar surface area (TPSA) is 131 Å².